The van der Waals surface area contributed by atoms with Crippen LogP contribution in [-0.2, 0) is 18.1 Å². The van der Waals surface area contributed by atoms with E-state index in [1.54, 1.807) is 0 Å². The second-order valence-corrected chi connectivity index (χ2v) is 8.94. The first-order valence-electron chi connectivity index (χ1n) is 9.08. The molecule has 1 spiro atoms. The molecule has 6 heteroatoms. The molecule has 0 radical (unpaired) electrons. The molecule has 2 aliphatic heterocycles. The van der Waals surface area contributed by atoms with Crippen LogP contribution in [0.2, 0.25) is 0 Å². The van der Waals surface area contributed by atoms with E-state index in [0.717, 1.165) is 11.1 Å². The first-order chi connectivity index (χ1) is 13.8. The summed E-state index contributed by atoms with van der Waals surface area (Å²) >= 11 is 0. The van der Waals surface area contributed by atoms with Crippen LogP contribution in [0, 0.1) is 0 Å². The Morgan fingerprint density at radius 1 is 0.571 bits per heavy atom. The summed E-state index contributed by atoms with van der Waals surface area (Å²) in [5.74, 6) is 1.65. The van der Waals surface area contributed by atoms with Crippen LogP contribution >= 0.6 is 7.74 Å². The van der Waals surface area contributed by atoms with Gasteiger partial charge in [-0.3, -0.25) is 0 Å². The SMILES string of the molecule is c1ccc(OP23(OCCO2)OC(c2ccccc2)=C(c2ccccc2)O3)cc1. The molecule has 0 aromatic heterocycles. The molecule has 5 nitrogen and oxygen atoms in total. The van der Waals surface area contributed by atoms with E-state index < -0.39 is 7.74 Å². The van der Waals surface area contributed by atoms with Crippen molar-refractivity contribution in [2.75, 3.05) is 13.2 Å². The van der Waals surface area contributed by atoms with Crippen molar-refractivity contribution in [3.63, 3.8) is 0 Å². The van der Waals surface area contributed by atoms with Crippen LogP contribution in [0.5, 0.6) is 5.75 Å². The minimum atomic E-state index is -4.32. The van der Waals surface area contributed by atoms with Gasteiger partial charge in [0.05, 0.1) is 0 Å². The summed E-state index contributed by atoms with van der Waals surface area (Å²) in [5, 5.41) is 0. The van der Waals surface area contributed by atoms with Gasteiger partial charge in [0.2, 0.25) is 0 Å². The number of hydrogen-bond donors (Lipinski definition) is 0. The van der Waals surface area contributed by atoms with E-state index in [4.69, 9.17) is 22.6 Å². The van der Waals surface area contributed by atoms with E-state index >= 15 is 0 Å². The molecule has 0 amide bonds. The zero-order chi connectivity index (χ0) is 18.9. The van der Waals surface area contributed by atoms with Gasteiger partial charge in [0.25, 0.3) is 0 Å². The third-order valence-electron chi connectivity index (χ3n) is 4.44. The van der Waals surface area contributed by atoms with Crippen LogP contribution in [-0.4, -0.2) is 13.2 Å². The minimum absolute atomic E-state index is 0.328. The van der Waals surface area contributed by atoms with Crippen LogP contribution in [0.25, 0.3) is 11.5 Å². The maximum absolute atomic E-state index is 6.38. The van der Waals surface area contributed by atoms with Crippen molar-refractivity contribution in [3.8, 4) is 5.75 Å². The second-order valence-electron chi connectivity index (χ2n) is 6.39. The monoisotopic (exact) mass is 394 g/mol. The van der Waals surface area contributed by atoms with E-state index in [-0.39, 0.29) is 0 Å². The van der Waals surface area contributed by atoms with E-state index in [9.17, 15) is 0 Å². The summed E-state index contributed by atoms with van der Waals surface area (Å²) in [6.45, 7) is 0.656. The summed E-state index contributed by atoms with van der Waals surface area (Å²) in [6.07, 6.45) is 0. The molecule has 0 saturated carbocycles. The predicted octanol–water partition coefficient (Wildman–Crippen LogP) is 5.81. The van der Waals surface area contributed by atoms with Crippen molar-refractivity contribution in [3.05, 3.63) is 102 Å². The fraction of sp³-hybridized carbons (Fsp3) is 0.0909. The molecule has 1 fully saturated rings. The maximum atomic E-state index is 6.38. The summed E-state index contributed by atoms with van der Waals surface area (Å²) in [4.78, 5) is 0. The third-order valence-corrected chi connectivity index (χ3v) is 7.12. The molecule has 3 aromatic rings. The Kier molecular flexibility index (Phi) is 4.09. The predicted molar refractivity (Wildman–Crippen MR) is 108 cm³/mol. The van der Waals surface area contributed by atoms with Crippen LogP contribution in [0.15, 0.2) is 91.0 Å². The summed E-state index contributed by atoms with van der Waals surface area (Å²) in [7, 11) is -4.32. The molecule has 0 bridgehead atoms. The Morgan fingerprint density at radius 3 is 1.46 bits per heavy atom. The van der Waals surface area contributed by atoms with Gasteiger partial charge in [0, 0.05) is 0 Å². The Balaban J connectivity index is 1.63. The van der Waals surface area contributed by atoms with E-state index in [1.165, 1.54) is 0 Å². The van der Waals surface area contributed by atoms with Gasteiger partial charge >= 0.3 is 163 Å². The molecule has 5 rings (SSSR count). The summed E-state index contributed by atoms with van der Waals surface area (Å²) in [5.41, 5.74) is 1.72. The molecule has 0 unspecified atom stereocenters. The van der Waals surface area contributed by atoms with Crippen molar-refractivity contribution < 1.29 is 22.6 Å². The number of hydrogen-bond acceptors (Lipinski definition) is 5. The molecule has 0 N–H and O–H groups in total. The van der Waals surface area contributed by atoms with Crippen molar-refractivity contribution in [1.82, 2.24) is 0 Å². The standard InChI is InChI=1S/C22H19O5P/c1-4-10-18(11-5-1)21-22(19-12-6-2-7-13-19)27-28(26-21,23-16-17-24-28)25-20-14-8-3-9-15-20/h1-15H,16-17H2. The first kappa shape index (κ1) is 17.3. The fourth-order valence-electron chi connectivity index (χ4n) is 3.21. The Bertz CT molecular complexity index is 943. The van der Waals surface area contributed by atoms with E-state index in [2.05, 4.69) is 0 Å². The molecule has 2 heterocycles. The summed E-state index contributed by atoms with van der Waals surface area (Å²) < 4.78 is 31.0. The van der Waals surface area contributed by atoms with Crippen LogP contribution in [0.3, 0.4) is 0 Å². The van der Waals surface area contributed by atoms with Gasteiger partial charge in [-0.05, 0) is 0 Å². The average molecular weight is 394 g/mol. The van der Waals surface area contributed by atoms with Crippen molar-refractivity contribution in [2.45, 2.75) is 0 Å². The van der Waals surface area contributed by atoms with E-state index in [1.807, 2.05) is 91.0 Å². The molecule has 3 aromatic carbocycles. The van der Waals surface area contributed by atoms with Gasteiger partial charge in [0.1, 0.15) is 0 Å². The Labute approximate surface area is 163 Å². The average Bonchev–Trinajstić information content (AvgIpc) is 3.33. The molecule has 28 heavy (non-hydrogen) atoms. The second kappa shape index (κ2) is 6.64. The summed E-state index contributed by atoms with van der Waals surface area (Å²) in [6, 6.07) is 28.8. The van der Waals surface area contributed by atoms with Gasteiger partial charge in [0.15, 0.2) is 0 Å². The zero-order valence-corrected chi connectivity index (χ0v) is 16.0. The number of benzene rings is 3. The number of para-hydroxylation sites is 1. The van der Waals surface area contributed by atoms with Crippen LogP contribution < -0.4 is 4.52 Å². The quantitative estimate of drug-likeness (QED) is 0.523. The molecule has 2 aliphatic rings. The van der Waals surface area contributed by atoms with Crippen LogP contribution in [0.1, 0.15) is 11.1 Å². The molecular weight excluding hydrogens is 375 g/mol. The normalized spacial score (nSPS) is 20.8. The first-order valence-corrected chi connectivity index (χ1v) is 10.9. The number of rotatable bonds is 4. The topological polar surface area (TPSA) is 46.2 Å². The van der Waals surface area contributed by atoms with Crippen molar-refractivity contribution in [1.29, 1.82) is 0 Å². The van der Waals surface area contributed by atoms with Crippen LogP contribution in [0.4, 0.5) is 0 Å². The van der Waals surface area contributed by atoms with Gasteiger partial charge in [-0.15, -0.1) is 0 Å². The van der Waals surface area contributed by atoms with Gasteiger partial charge < -0.3 is 0 Å². The zero-order valence-electron chi connectivity index (χ0n) is 15.1. The van der Waals surface area contributed by atoms with Gasteiger partial charge in [-0.25, -0.2) is 0 Å². The molecule has 1 saturated heterocycles. The van der Waals surface area contributed by atoms with Crippen molar-refractivity contribution in [2.24, 2.45) is 0 Å². The molecule has 0 atom stereocenters. The molecular formula is C22H19O5P. The van der Waals surface area contributed by atoms with E-state index in [0.29, 0.717) is 30.5 Å². The van der Waals surface area contributed by atoms with Crippen molar-refractivity contribution >= 4 is 19.3 Å². The third kappa shape index (κ3) is 2.94. The Hall–Kier alpha value is -2.85. The fourth-order valence-corrected chi connectivity index (χ4v) is 5.89. The van der Waals surface area contributed by atoms with Gasteiger partial charge in [-0.2, -0.15) is 0 Å². The molecule has 0 aliphatic carbocycles. The molecule has 142 valence electrons. The van der Waals surface area contributed by atoms with Gasteiger partial charge in [-0.1, -0.05) is 0 Å². The Morgan fingerprint density at radius 2 is 1.00 bits per heavy atom.